The summed E-state index contributed by atoms with van der Waals surface area (Å²) in [5.41, 5.74) is 5.27. The molecule has 0 atom stereocenters. The highest BCUT2D eigenvalue weighted by molar-refractivity contribution is 6.02. The Labute approximate surface area is 96.9 Å². The lowest BCUT2D eigenvalue weighted by molar-refractivity contribution is 0.0979. The molecule has 1 heteroatoms. The first kappa shape index (κ1) is 10.1. The molecular weight excluding hydrogens is 196 g/mol. The van der Waals surface area contributed by atoms with Gasteiger partial charge in [0.1, 0.15) is 0 Å². The highest BCUT2D eigenvalue weighted by Gasteiger charge is 2.36. The molecule has 0 bridgehead atoms. The zero-order valence-corrected chi connectivity index (χ0v) is 10.1. The van der Waals surface area contributed by atoms with Crippen molar-refractivity contribution in [2.75, 3.05) is 0 Å². The van der Waals surface area contributed by atoms with Crippen LogP contribution in [-0.2, 0) is 18.3 Å². The van der Waals surface area contributed by atoms with Crippen LogP contribution in [0.4, 0.5) is 0 Å². The molecule has 0 aromatic heterocycles. The van der Waals surface area contributed by atoms with Crippen molar-refractivity contribution < 1.29 is 4.79 Å². The number of carbonyl (C=O) groups excluding carboxylic acids is 1. The van der Waals surface area contributed by atoms with Gasteiger partial charge in [0.15, 0.2) is 5.78 Å². The Balaban J connectivity index is 2.20. The van der Waals surface area contributed by atoms with Crippen LogP contribution in [0.2, 0.25) is 0 Å². The lowest BCUT2D eigenvalue weighted by Gasteiger charge is -2.22. The summed E-state index contributed by atoms with van der Waals surface area (Å²) in [5, 5.41) is 0. The van der Waals surface area contributed by atoms with Crippen molar-refractivity contribution in [3.05, 3.63) is 34.4 Å². The normalized spacial score (nSPS) is 21.8. The fraction of sp³-hybridized carbons (Fsp3) is 0.533. The Kier molecular flexibility index (Phi) is 2.01. The Hall–Kier alpha value is -1.11. The van der Waals surface area contributed by atoms with Gasteiger partial charge in [0.25, 0.3) is 0 Å². The fourth-order valence-corrected chi connectivity index (χ4v) is 3.17. The molecule has 0 unspecified atom stereocenters. The second-order valence-corrected chi connectivity index (χ2v) is 5.86. The van der Waals surface area contributed by atoms with E-state index in [0.29, 0.717) is 12.2 Å². The van der Waals surface area contributed by atoms with Crippen LogP contribution in [0.15, 0.2) is 12.1 Å². The van der Waals surface area contributed by atoms with Gasteiger partial charge in [-0.05, 0) is 53.9 Å². The first-order valence-corrected chi connectivity index (χ1v) is 6.27. The summed E-state index contributed by atoms with van der Waals surface area (Å²) in [6.45, 7) is 4.37. The highest BCUT2D eigenvalue weighted by Crippen LogP contribution is 2.40. The van der Waals surface area contributed by atoms with E-state index >= 15 is 0 Å². The number of fused-ring (bicyclic) bond motifs is 2. The molecule has 1 aromatic rings. The minimum absolute atomic E-state index is 0.0545. The molecule has 1 nitrogen and oxygen atoms in total. The number of rotatable bonds is 0. The minimum Gasteiger partial charge on any atom is -0.294 e. The van der Waals surface area contributed by atoms with Crippen LogP contribution in [0.3, 0.4) is 0 Å². The third kappa shape index (κ3) is 1.34. The first-order valence-electron chi connectivity index (χ1n) is 6.27. The van der Waals surface area contributed by atoms with E-state index in [1.54, 1.807) is 0 Å². The van der Waals surface area contributed by atoms with E-state index in [9.17, 15) is 4.79 Å². The third-order valence-electron chi connectivity index (χ3n) is 4.11. The molecule has 0 amide bonds. The van der Waals surface area contributed by atoms with E-state index in [4.69, 9.17) is 0 Å². The number of hydrogen-bond donors (Lipinski definition) is 0. The van der Waals surface area contributed by atoms with Gasteiger partial charge in [0.05, 0.1) is 0 Å². The van der Waals surface area contributed by atoms with E-state index in [1.165, 1.54) is 36.0 Å². The minimum atomic E-state index is 0.0545. The second-order valence-electron chi connectivity index (χ2n) is 5.86. The summed E-state index contributed by atoms with van der Waals surface area (Å²) >= 11 is 0. The van der Waals surface area contributed by atoms with Crippen molar-refractivity contribution in [1.29, 1.82) is 0 Å². The molecule has 2 aliphatic rings. The Bertz CT molecular complexity index is 469. The molecule has 0 radical (unpaired) electrons. The largest absolute Gasteiger partial charge is 0.294 e. The van der Waals surface area contributed by atoms with E-state index in [0.717, 1.165) is 12.0 Å². The van der Waals surface area contributed by atoms with Gasteiger partial charge in [-0.25, -0.2) is 0 Å². The molecule has 16 heavy (non-hydrogen) atoms. The van der Waals surface area contributed by atoms with Crippen LogP contribution >= 0.6 is 0 Å². The molecule has 0 spiro atoms. The molecule has 2 aliphatic carbocycles. The predicted octanol–water partition coefficient (Wildman–Crippen LogP) is 3.43. The van der Waals surface area contributed by atoms with Gasteiger partial charge in [-0.1, -0.05) is 19.9 Å². The van der Waals surface area contributed by atoms with Gasteiger partial charge in [-0.15, -0.1) is 0 Å². The Morgan fingerprint density at radius 2 is 1.69 bits per heavy atom. The maximum atomic E-state index is 12.0. The number of benzene rings is 1. The summed E-state index contributed by atoms with van der Waals surface area (Å²) in [4.78, 5) is 12.0. The van der Waals surface area contributed by atoms with Crippen molar-refractivity contribution in [2.24, 2.45) is 0 Å². The predicted molar refractivity (Wildman–Crippen MR) is 65.1 cm³/mol. The van der Waals surface area contributed by atoms with Gasteiger partial charge in [-0.2, -0.15) is 0 Å². The maximum Gasteiger partial charge on any atom is 0.164 e. The first-order chi connectivity index (χ1) is 7.58. The number of Topliss-reactive ketones (excluding diaryl/α,β-unsaturated/α-hetero) is 1. The van der Waals surface area contributed by atoms with Crippen LogP contribution in [0.25, 0.3) is 0 Å². The fourth-order valence-electron chi connectivity index (χ4n) is 3.17. The van der Waals surface area contributed by atoms with Gasteiger partial charge in [-0.3, -0.25) is 4.79 Å². The standard InChI is InChI=1S/C15H18O/c1-15(2)9-14(16)12-7-10-5-3-4-6-11(10)8-13(12)15/h7-8H,3-6,9H2,1-2H3. The summed E-state index contributed by atoms with van der Waals surface area (Å²) in [6.07, 6.45) is 5.64. The number of carbonyl (C=O) groups is 1. The third-order valence-corrected chi connectivity index (χ3v) is 4.11. The van der Waals surface area contributed by atoms with Crippen molar-refractivity contribution in [3.63, 3.8) is 0 Å². The smallest absolute Gasteiger partial charge is 0.164 e. The lowest BCUT2D eigenvalue weighted by Crippen LogP contribution is -2.13. The van der Waals surface area contributed by atoms with Crippen molar-refractivity contribution in [2.45, 2.75) is 51.4 Å². The molecule has 3 rings (SSSR count). The summed E-state index contributed by atoms with van der Waals surface area (Å²) < 4.78 is 0. The average Bonchev–Trinajstić information content (AvgIpc) is 2.47. The topological polar surface area (TPSA) is 17.1 Å². The molecule has 1 aromatic carbocycles. The van der Waals surface area contributed by atoms with Crippen molar-refractivity contribution in [3.8, 4) is 0 Å². The van der Waals surface area contributed by atoms with Crippen molar-refractivity contribution >= 4 is 5.78 Å². The number of hydrogen-bond acceptors (Lipinski definition) is 1. The lowest BCUT2D eigenvalue weighted by atomic mass is 9.82. The van der Waals surface area contributed by atoms with E-state index in [1.807, 2.05) is 0 Å². The summed E-state index contributed by atoms with van der Waals surface area (Å²) in [5.74, 6) is 0.341. The average molecular weight is 214 g/mol. The SMILES string of the molecule is CC1(C)CC(=O)c2cc3c(cc21)CCCC3. The second kappa shape index (κ2) is 3.19. The van der Waals surface area contributed by atoms with Crippen LogP contribution in [-0.4, -0.2) is 5.78 Å². The number of aryl methyl sites for hydroxylation is 2. The zero-order chi connectivity index (χ0) is 11.3. The molecule has 0 fully saturated rings. The molecule has 0 aliphatic heterocycles. The van der Waals surface area contributed by atoms with Gasteiger partial charge in [0.2, 0.25) is 0 Å². The summed E-state index contributed by atoms with van der Waals surface area (Å²) in [7, 11) is 0. The summed E-state index contributed by atoms with van der Waals surface area (Å²) in [6, 6.07) is 4.50. The zero-order valence-electron chi connectivity index (χ0n) is 10.1. The molecule has 0 saturated heterocycles. The maximum absolute atomic E-state index is 12.0. The van der Waals surface area contributed by atoms with Crippen molar-refractivity contribution in [1.82, 2.24) is 0 Å². The van der Waals surface area contributed by atoms with Crippen LogP contribution in [0.1, 0.15) is 60.2 Å². The van der Waals surface area contributed by atoms with Gasteiger partial charge >= 0.3 is 0 Å². The monoisotopic (exact) mass is 214 g/mol. The van der Waals surface area contributed by atoms with Crippen LogP contribution in [0, 0.1) is 0 Å². The van der Waals surface area contributed by atoms with E-state index in [-0.39, 0.29) is 5.41 Å². The molecule has 0 N–H and O–H groups in total. The Morgan fingerprint density at radius 3 is 2.38 bits per heavy atom. The van der Waals surface area contributed by atoms with Gasteiger partial charge < -0.3 is 0 Å². The van der Waals surface area contributed by atoms with Crippen LogP contribution < -0.4 is 0 Å². The van der Waals surface area contributed by atoms with Gasteiger partial charge in [0, 0.05) is 12.0 Å². The quantitative estimate of drug-likeness (QED) is 0.646. The molecule has 84 valence electrons. The van der Waals surface area contributed by atoms with E-state index < -0.39 is 0 Å². The molecule has 0 heterocycles. The van der Waals surface area contributed by atoms with E-state index in [2.05, 4.69) is 26.0 Å². The number of ketones is 1. The highest BCUT2D eigenvalue weighted by atomic mass is 16.1. The molecular formula is C15H18O. The molecule has 0 saturated carbocycles. The van der Waals surface area contributed by atoms with Crippen LogP contribution in [0.5, 0.6) is 0 Å². The Morgan fingerprint density at radius 1 is 1.06 bits per heavy atom.